The third kappa shape index (κ3) is 10.6. The lowest BCUT2D eigenvalue weighted by Gasteiger charge is -2.27. The average Bonchev–Trinajstić information content (AvgIpc) is 2.64. The molecule has 13 nitrogen and oxygen atoms in total. The molecule has 0 rings (SSSR count). The number of nitrogens with two attached hydrogens (primary N) is 3. The van der Waals surface area contributed by atoms with Gasteiger partial charge >= 0.3 is 5.97 Å². The first-order valence-electron chi connectivity index (χ1n) is 9.90. The quantitative estimate of drug-likeness (QED) is 0.0815. The molecule has 0 aliphatic heterocycles. The van der Waals surface area contributed by atoms with Gasteiger partial charge < -0.3 is 43.4 Å². The number of nitrogens with zero attached hydrogens (tertiary/aromatic N) is 1. The van der Waals surface area contributed by atoms with Crippen LogP contribution < -0.4 is 33.2 Å². The van der Waals surface area contributed by atoms with Gasteiger partial charge in [-0.15, -0.1) is 0 Å². The minimum atomic E-state index is -1.44. The highest BCUT2D eigenvalue weighted by Gasteiger charge is 2.33. The van der Waals surface area contributed by atoms with Crippen molar-refractivity contribution in [2.45, 2.75) is 70.8 Å². The molecule has 13 heteroatoms. The summed E-state index contributed by atoms with van der Waals surface area (Å²) in [5.74, 6) is -4.02. The molecule has 0 bridgehead atoms. The van der Waals surface area contributed by atoms with Crippen LogP contribution in [0.1, 0.15) is 40.5 Å². The first-order chi connectivity index (χ1) is 14.3. The largest absolute Gasteiger partial charge is 0.480 e. The zero-order chi connectivity index (χ0) is 24.3. The second kappa shape index (κ2) is 13.4. The zero-order valence-corrected chi connectivity index (χ0v) is 18.3. The van der Waals surface area contributed by atoms with Gasteiger partial charge in [-0.1, -0.05) is 13.8 Å². The minimum absolute atomic E-state index is 0.121. The van der Waals surface area contributed by atoms with Gasteiger partial charge in [0.1, 0.15) is 18.1 Å². The van der Waals surface area contributed by atoms with Gasteiger partial charge in [0.05, 0.1) is 12.1 Å². The molecule has 0 radical (unpaired) electrons. The van der Waals surface area contributed by atoms with Gasteiger partial charge in [-0.3, -0.25) is 19.4 Å². The topological polar surface area (TPSA) is 235 Å². The van der Waals surface area contributed by atoms with Crippen LogP contribution in [0.3, 0.4) is 0 Å². The second-order valence-corrected chi connectivity index (χ2v) is 7.59. The van der Waals surface area contributed by atoms with Gasteiger partial charge in [-0.25, -0.2) is 4.79 Å². The number of aliphatic hydroxyl groups is 1. The Morgan fingerprint density at radius 3 is 1.87 bits per heavy atom. The average molecular weight is 446 g/mol. The molecule has 0 heterocycles. The fourth-order valence-electron chi connectivity index (χ4n) is 2.49. The van der Waals surface area contributed by atoms with E-state index in [-0.39, 0.29) is 18.9 Å². The molecule has 5 atom stereocenters. The van der Waals surface area contributed by atoms with Crippen molar-refractivity contribution in [2.24, 2.45) is 28.1 Å². The van der Waals surface area contributed by atoms with Crippen LogP contribution in [-0.2, 0) is 19.2 Å². The molecule has 0 aliphatic carbocycles. The van der Waals surface area contributed by atoms with E-state index in [1.54, 1.807) is 13.8 Å². The summed E-state index contributed by atoms with van der Waals surface area (Å²) < 4.78 is 0. The summed E-state index contributed by atoms with van der Waals surface area (Å²) >= 11 is 0. The summed E-state index contributed by atoms with van der Waals surface area (Å²) in [6.07, 6.45) is -0.884. The lowest BCUT2D eigenvalue weighted by Crippen LogP contribution is -2.60. The van der Waals surface area contributed by atoms with Crippen LogP contribution >= 0.6 is 0 Å². The van der Waals surface area contributed by atoms with E-state index in [4.69, 9.17) is 17.2 Å². The van der Waals surface area contributed by atoms with Crippen molar-refractivity contribution in [3.63, 3.8) is 0 Å². The number of rotatable bonds is 13. The number of amides is 3. The van der Waals surface area contributed by atoms with E-state index in [0.717, 1.165) is 0 Å². The molecule has 11 N–H and O–H groups in total. The number of carbonyl (C=O) groups is 4. The molecule has 31 heavy (non-hydrogen) atoms. The lowest BCUT2D eigenvalue weighted by atomic mass is 10.0. The summed E-state index contributed by atoms with van der Waals surface area (Å²) in [5, 5.41) is 26.3. The number of aliphatic carboxylic acids is 1. The molecular weight excluding hydrogens is 410 g/mol. The monoisotopic (exact) mass is 445 g/mol. The van der Waals surface area contributed by atoms with Crippen molar-refractivity contribution < 1.29 is 29.4 Å². The Morgan fingerprint density at radius 2 is 1.45 bits per heavy atom. The first kappa shape index (κ1) is 28.1. The zero-order valence-electron chi connectivity index (χ0n) is 18.3. The maximum absolute atomic E-state index is 12.7. The number of aliphatic hydroxyl groups excluding tert-OH is 1. The molecule has 0 aromatic heterocycles. The smallest absolute Gasteiger partial charge is 0.326 e. The fourth-order valence-corrected chi connectivity index (χ4v) is 2.49. The number of hydrogen-bond acceptors (Lipinski definition) is 7. The molecule has 0 aromatic carbocycles. The molecular formula is C18H35N7O6. The van der Waals surface area contributed by atoms with Crippen LogP contribution in [0.15, 0.2) is 4.99 Å². The number of aliphatic imine (C=N–C) groups is 1. The molecule has 0 spiro atoms. The Labute approximate surface area is 181 Å². The van der Waals surface area contributed by atoms with Gasteiger partial charge in [0.15, 0.2) is 5.96 Å². The third-order valence-electron chi connectivity index (χ3n) is 4.28. The van der Waals surface area contributed by atoms with Gasteiger partial charge in [0.2, 0.25) is 17.7 Å². The minimum Gasteiger partial charge on any atom is -0.480 e. The van der Waals surface area contributed by atoms with E-state index in [9.17, 15) is 29.4 Å². The number of carboxylic acid groups (broad SMARTS) is 1. The molecule has 0 aromatic rings. The maximum Gasteiger partial charge on any atom is 0.326 e. The van der Waals surface area contributed by atoms with Crippen molar-refractivity contribution in [3.8, 4) is 0 Å². The number of carboxylic acids is 1. The van der Waals surface area contributed by atoms with Crippen molar-refractivity contribution >= 4 is 29.7 Å². The molecule has 0 aliphatic rings. The highest BCUT2D eigenvalue weighted by Crippen LogP contribution is 2.05. The predicted molar refractivity (Wildman–Crippen MR) is 114 cm³/mol. The van der Waals surface area contributed by atoms with Crippen LogP contribution in [0.4, 0.5) is 0 Å². The molecule has 0 fully saturated rings. The van der Waals surface area contributed by atoms with E-state index in [2.05, 4.69) is 20.9 Å². The van der Waals surface area contributed by atoms with E-state index in [0.29, 0.717) is 6.42 Å². The van der Waals surface area contributed by atoms with Crippen LogP contribution in [-0.4, -0.2) is 76.7 Å². The Kier molecular flexibility index (Phi) is 12.1. The van der Waals surface area contributed by atoms with Gasteiger partial charge in [-0.05, 0) is 32.6 Å². The highest BCUT2D eigenvalue weighted by molar-refractivity contribution is 5.94. The highest BCUT2D eigenvalue weighted by atomic mass is 16.4. The van der Waals surface area contributed by atoms with E-state index < -0.39 is 59.9 Å². The third-order valence-corrected chi connectivity index (χ3v) is 4.28. The molecule has 0 saturated carbocycles. The van der Waals surface area contributed by atoms with E-state index in [1.165, 1.54) is 13.8 Å². The fraction of sp³-hybridized carbons (Fsp3) is 0.722. The Morgan fingerprint density at radius 1 is 0.903 bits per heavy atom. The van der Waals surface area contributed by atoms with E-state index >= 15 is 0 Å². The summed E-state index contributed by atoms with van der Waals surface area (Å²) in [5.41, 5.74) is 16.0. The standard InChI is InChI=1S/C18H35N7O6/c1-8(2)12(17(30)31)24-16(29)13(10(4)26)25-15(28)11(23-14(27)9(3)19)6-5-7-22-18(20)21/h8-13,26H,5-7,19H2,1-4H3,(H,23,27)(H,24,29)(H,25,28)(H,30,31)(H4,20,21,22). The van der Waals surface area contributed by atoms with Gasteiger partial charge in [-0.2, -0.15) is 0 Å². The summed E-state index contributed by atoms with van der Waals surface area (Å²) in [7, 11) is 0. The van der Waals surface area contributed by atoms with Crippen LogP contribution in [0.5, 0.6) is 0 Å². The number of nitrogens with one attached hydrogen (secondary N) is 3. The van der Waals surface area contributed by atoms with Crippen LogP contribution in [0, 0.1) is 5.92 Å². The number of carbonyl (C=O) groups excluding carboxylic acids is 3. The molecule has 0 saturated heterocycles. The number of guanidine groups is 1. The maximum atomic E-state index is 12.7. The SMILES string of the molecule is CC(N)C(=O)NC(CCCN=C(N)N)C(=O)NC(C(=O)NC(C(=O)O)C(C)C)C(C)O. The molecule has 3 amide bonds. The van der Waals surface area contributed by atoms with Crippen molar-refractivity contribution in [1.82, 2.24) is 16.0 Å². The Balaban J connectivity index is 5.38. The predicted octanol–water partition coefficient (Wildman–Crippen LogP) is -3.04. The van der Waals surface area contributed by atoms with Crippen LogP contribution in [0.2, 0.25) is 0 Å². The van der Waals surface area contributed by atoms with Crippen molar-refractivity contribution in [2.75, 3.05) is 6.54 Å². The Bertz CT molecular complexity index is 662. The van der Waals surface area contributed by atoms with Gasteiger partial charge in [0, 0.05) is 6.54 Å². The van der Waals surface area contributed by atoms with Crippen molar-refractivity contribution in [1.29, 1.82) is 0 Å². The Hall–Kier alpha value is -2.93. The van der Waals surface area contributed by atoms with Crippen molar-refractivity contribution in [3.05, 3.63) is 0 Å². The number of hydrogen-bond donors (Lipinski definition) is 8. The summed E-state index contributed by atoms with van der Waals surface area (Å²) in [4.78, 5) is 52.4. The van der Waals surface area contributed by atoms with E-state index in [1.807, 2.05) is 0 Å². The molecule has 178 valence electrons. The molecule has 5 unspecified atom stereocenters. The van der Waals surface area contributed by atoms with Gasteiger partial charge in [0.25, 0.3) is 0 Å². The first-order valence-corrected chi connectivity index (χ1v) is 9.90. The normalized spacial score (nSPS) is 15.7. The summed E-state index contributed by atoms with van der Waals surface area (Å²) in [6, 6.07) is -4.62. The summed E-state index contributed by atoms with van der Waals surface area (Å²) in [6.45, 7) is 6.11. The second-order valence-electron chi connectivity index (χ2n) is 7.59. The van der Waals surface area contributed by atoms with Crippen LogP contribution in [0.25, 0.3) is 0 Å². The lowest BCUT2D eigenvalue weighted by molar-refractivity contribution is -0.144.